The van der Waals surface area contributed by atoms with E-state index in [9.17, 15) is 77.4 Å². The van der Waals surface area contributed by atoms with E-state index in [0.29, 0.717) is 87.8 Å². The zero-order valence-electron chi connectivity index (χ0n) is 75.4. The van der Waals surface area contributed by atoms with Gasteiger partial charge < -0.3 is 44.7 Å². The largest absolute Gasteiger partial charge is 0.504 e. The van der Waals surface area contributed by atoms with Crippen molar-refractivity contribution in [3.05, 3.63) is 253 Å². The number of nitriles is 3. The molecule has 714 valence electrons. The number of aromatic nitrogens is 9. The predicted octanol–water partition coefficient (Wildman–Crippen LogP) is 21.8. The fourth-order valence-electron chi connectivity index (χ4n) is 17.4. The van der Waals surface area contributed by atoms with E-state index in [0.717, 1.165) is 0 Å². The quantitative estimate of drug-likeness (QED) is 0.0371. The Kier molecular flexibility index (Phi) is 30.9. The molecule has 9 aromatic heterocycles. The molecule has 0 saturated carbocycles. The van der Waals surface area contributed by atoms with Gasteiger partial charge in [-0.1, -0.05) is 189 Å². The molecule has 3 aromatic carbocycles. The maximum Gasteiger partial charge on any atom is 0.276 e. The van der Waals surface area contributed by atoms with Gasteiger partial charge in [-0.25, -0.2) is 28.1 Å². The lowest BCUT2D eigenvalue weighted by molar-refractivity contribution is -0.129. The Morgan fingerprint density at radius 3 is 0.891 bits per heavy atom. The Hall–Kier alpha value is -12.0. The molecule has 42 heteroatoms. The number of carbonyl (C=O) groups is 3. The first-order valence-corrected chi connectivity index (χ1v) is 46.5. The number of piperazine rings is 3. The highest BCUT2D eigenvalue weighted by molar-refractivity contribution is 6.49. The second kappa shape index (κ2) is 41.2. The number of benzene rings is 3. The van der Waals surface area contributed by atoms with Crippen LogP contribution >= 0.6 is 128 Å². The molecule has 27 nitrogen and oxygen atoms in total. The minimum atomic E-state index is -1.65. The monoisotopic (exact) mass is 2090 g/mol. The van der Waals surface area contributed by atoms with E-state index < -0.39 is 92.9 Å². The lowest BCUT2D eigenvalue weighted by Crippen LogP contribution is -2.54. The van der Waals surface area contributed by atoms with Crippen molar-refractivity contribution < 1.29 is 47.3 Å². The second-order valence-corrected chi connectivity index (χ2v) is 37.8. The number of hydrogen-bond donors (Lipinski definition) is 3. The summed E-state index contributed by atoms with van der Waals surface area (Å²) >= 11 is 70.7. The van der Waals surface area contributed by atoms with Crippen LogP contribution in [0.3, 0.4) is 0 Å². The van der Waals surface area contributed by atoms with Crippen LogP contribution in [0.1, 0.15) is 131 Å². The van der Waals surface area contributed by atoms with Gasteiger partial charge >= 0.3 is 0 Å². The molecule has 15 rings (SSSR count). The molecule has 12 aromatic rings. The highest BCUT2D eigenvalue weighted by Crippen LogP contribution is 2.53. The molecule has 0 aliphatic carbocycles. The average Bonchev–Trinajstić information content (AvgIpc) is 0.726. The van der Waals surface area contributed by atoms with E-state index >= 15 is 0 Å². The molecule has 3 aliphatic heterocycles. The van der Waals surface area contributed by atoms with Crippen molar-refractivity contribution in [2.75, 3.05) is 73.6 Å². The zero-order valence-corrected chi connectivity index (χ0v) is 83.7. The third-order valence-corrected chi connectivity index (χ3v) is 28.0. The van der Waals surface area contributed by atoms with E-state index in [4.69, 9.17) is 138 Å². The van der Waals surface area contributed by atoms with Gasteiger partial charge in [0.2, 0.25) is 23.5 Å². The number of rotatable bonds is 15. The van der Waals surface area contributed by atoms with Gasteiger partial charge in [0.25, 0.3) is 16.7 Å². The van der Waals surface area contributed by atoms with Gasteiger partial charge in [-0.15, -0.1) is 0 Å². The molecule has 0 unspecified atom stereocenters. The molecule has 0 spiro atoms. The molecular formula is C96H81Cl11F4N18O9. The number of anilines is 3. The fourth-order valence-corrected chi connectivity index (χ4v) is 20.2. The normalized spacial score (nSPS) is 15.0. The van der Waals surface area contributed by atoms with Crippen molar-refractivity contribution >= 4 is 195 Å². The predicted molar refractivity (Wildman–Crippen MR) is 533 cm³/mol. The first-order chi connectivity index (χ1) is 65.2. The zero-order chi connectivity index (χ0) is 101. The van der Waals surface area contributed by atoms with Crippen LogP contribution in [-0.4, -0.2) is 168 Å². The Morgan fingerprint density at radius 1 is 0.399 bits per heavy atom. The molecule has 3 saturated heterocycles. The average molecular weight is 2100 g/mol. The molecule has 0 bridgehead atoms. The maximum absolute atomic E-state index is 14.8. The van der Waals surface area contributed by atoms with Gasteiger partial charge in [0, 0.05) is 128 Å². The molecule has 12 heterocycles. The number of aryl methyl sites for hydroxylation is 3. The molecule has 138 heavy (non-hydrogen) atoms. The highest BCUT2D eigenvalue weighted by Gasteiger charge is 2.40. The molecule has 3 amide bonds. The van der Waals surface area contributed by atoms with Crippen LogP contribution in [0.4, 0.5) is 34.6 Å². The number of phenolic OH excluding ortho intramolecular Hbond substituents is 3. The maximum atomic E-state index is 14.8. The summed E-state index contributed by atoms with van der Waals surface area (Å²) in [5.41, 5.74) is 2.11. The number of phenols is 3. The van der Waals surface area contributed by atoms with Crippen molar-refractivity contribution in [3.8, 4) is 86.3 Å². The van der Waals surface area contributed by atoms with Gasteiger partial charge in [0.05, 0.1) is 124 Å². The summed E-state index contributed by atoms with van der Waals surface area (Å²) in [4.78, 5) is 119. The van der Waals surface area contributed by atoms with Gasteiger partial charge in [0.1, 0.15) is 51.8 Å². The van der Waals surface area contributed by atoms with Crippen LogP contribution in [0.2, 0.25) is 55.2 Å². The van der Waals surface area contributed by atoms with Crippen molar-refractivity contribution in [1.29, 1.82) is 15.8 Å². The van der Waals surface area contributed by atoms with E-state index in [1.807, 2.05) is 77.0 Å². The van der Waals surface area contributed by atoms with Gasteiger partial charge in [-0.05, 0) is 131 Å². The molecular weight excluding hydrogens is 2020 g/mol. The fraction of sp³-hybridized carbons (Fsp3) is 0.281. The van der Waals surface area contributed by atoms with Crippen molar-refractivity contribution in [2.24, 2.45) is 0 Å². The van der Waals surface area contributed by atoms with Crippen molar-refractivity contribution in [1.82, 2.24) is 58.3 Å². The van der Waals surface area contributed by atoms with Crippen LogP contribution in [0.5, 0.6) is 17.2 Å². The van der Waals surface area contributed by atoms with E-state index in [2.05, 4.69) is 57.9 Å². The SMILES string of the molecule is C=CC(=O)N1CCN(c2c(C#N)c(=O)n(-c3c(C)ccnc3C(C)C)c3nc(-c4c(Cl)c(O)c(F)c(Cl)c4Cl)c(Cl)cc23)C[C@H]1C.C=CC(=O)N1CCN(c2c(C#N)c(=O)n(-c3c(C)ccnc3C(C)C)c3nc(-c4c(Cl)c(O)c(F)c(Cl)c4Cl)c(Cl)cc23)C[C@H]1C.C=CC(=O)N1CCN(c2c(C#N)c(=O)n(-c3c(C)ccnc3C(C)C)c3nc(-c4c(Cl)c(O)c(F)c(F)c4Cl)c(Cl)cc23)C[C@H]1C. The van der Waals surface area contributed by atoms with Crippen LogP contribution < -0.4 is 31.4 Å². The standard InChI is InChI=1S/2C32H27Cl4FN6O3.C32H27Cl3F2N6O3/c3*1-6-20(44)42-10-9-41(13-16(42)5)29-17-11-19(33)27(21-22(34)24(36)25(37)30(45)23(21)35)40-31(17)43(32(46)18(29)12-38)28-15(4)7-8-39-26(28)14(2)3/h3*6-8,11,14,16,45H,1,9-10,13H2,2-5H3/t3*16-/m111/s1. The van der Waals surface area contributed by atoms with Crippen molar-refractivity contribution in [3.63, 3.8) is 0 Å². The molecule has 3 fully saturated rings. The highest BCUT2D eigenvalue weighted by atomic mass is 35.5. The van der Waals surface area contributed by atoms with Gasteiger partial charge in [-0.3, -0.25) is 57.4 Å². The van der Waals surface area contributed by atoms with Crippen LogP contribution in [-0.2, 0) is 14.4 Å². The number of nitrogens with zero attached hydrogens (tertiary/aromatic N) is 18. The van der Waals surface area contributed by atoms with Crippen LogP contribution in [0, 0.1) is 78.0 Å². The summed E-state index contributed by atoms with van der Waals surface area (Å²) in [5.74, 6) is -9.90. The van der Waals surface area contributed by atoms with E-state index in [-0.39, 0.29) is 196 Å². The topological polar surface area (TPSA) is 346 Å². The Bertz CT molecular complexity index is 6790. The third kappa shape index (κ3) is 18.2. The Morgan fingerprint density at radius 2 is 0.652 bits per heavy atom. The van der Waals surface area contributed by atoms with Gasteiger partial charge in [-0.2, -0.15) is 20.2 Å². The summed E-state index contributed by atoms with van der Waals surface area (Å²) in [6, 6.07) is 15.0. The minimum Gasteiger partial charge on any atom is -0.504 e. The first-order valence-electron chi connectivity index (χ1n) is 42.4. The molecule has 0 radical (unpaired) electrons. The number of fused-ring (bicyclic) bond motifs is 3. The summed E-state index contributed by atoms with van der Waals surface area (Å²) in [5, 5.41) is 58.8. The summed E-state index contributed by atoms with van der Waals surface area (Å²) in [6.07, 6.45) is 8.57. The molecule has 3 N–H and O–H groups in total. The first kappa shape index (κ1) is 103. The lowest BCUT2D eigenvalue weighted by Gasteiger charge is -2.41. The summed E-state index contributed by atoms with van der Waals surface area (Å²) < 4.78 is 62.1. The third-order valence-electron chi connectivity index (χ3n) is 24.0. The second-order valence-electron chi connectivity index (χ2n) is 33.6. The molecule has 3 aliphatic rings. The van der Waals surface area contributed by atoms with Crippen molar-refractivity contribution in [2.45, 2.75) is 119 Å². The number of pyridine rings is 9. The van der Waals surface area contributed by atoms with Gasteiger partial charge in [0.15, 0.2) is 34.7 Å². The van der Waals surface area contributed by atoms with E-state index in [1.54, 1.807) is 72.3 Å². The minimum absolute atomic E-state index is 0.00925. The Labute approximate surface area is 842 Å². The summed E-state index contributed by atoms with van der Waals surface area (Å²) in [7, 11) is 0. The number of amides is 3. The number of aromatic hydroxyl groups is 3. The molecule has 3 atom stereocenters. The lowest BCUT2D eigenvalue weighted by atomic mass is 10.0. The smallest absolute Gasteiger partial charge is 0.276 e. The number of hydrogen-bond acceptors (Lipinski definition) is 21. The van der Waals surface area contributed by atoms with Crippen LogP contribution in [0.15, 0.2) is 107 Å². The van der Waals surface area contributed by atoms with E-state index in [1.165, 1.54) is 50.1 Å². The number of carbonyl (C=O) groups excluding carboxylic acids is 3. The summed E-state index contributed by atoms with van der Waals surface area (Å²) in [6.45, 7) is 35.7. The Balaban J connectivity index is 0.000000175. The van der Waals surface area contributed by atoms with Crippen LogP contribution in [0.25, 0.3) is 83.9 Å². The number of halogens is 15.